The summed E-state index contributed by atoms with van der Waals surface area (Å²) in [6.07, 6.45) is 1.75. The van der Waals surface area contributed by atoms with Gasteiger partial charge in [-0.25, -0.2) is 0 Å². The molecule has 1 aromatic heterocycles. The van der Waals surface area contributed by atoms with Crippen LogP contribution in [0, 0.1) is 6.92 Å². The molecule has 0 aliphatic heterocycles. The van der Waals surface area contributed by atoms with E-state index in [4.69, 9.17) is 4.52 Å². The minimum atomic E-state index is 0.119. The first-order valence-electron chi connectivity index (χ1n) is 8.79. The summed E-state index contributed by atoms with van der Waals surface area (Å²) in [5.41, 5.74) is 3.28. The maximum Gasteiger partial charge on any atom is 0.226 e. The van der Waals surface area contributed by atoms with Crippen LogP contribution in [0.1, 0.15) is 29.9 Å². The highest BCUT2D eigenvalue weighted by atomic mass is 16.5. The van der Waals surface area contributed by atoms with Crippen LogP contribution >= 0.6 is 0 Å². The molecular formula is C21H23N3O2. The van der Waals surface area contributed by atoms with Gasteiger partial charge >= 0.3 is 0 Å². The highest BCUT2D eigenvalue weighted by Crippen LogP contribution is 2.16. The van der Waals surface area contributed by atoms with Crippen LogP contribution < -0.4 is 0 Å². The molecule has 0 atom stereocenters. The predicted molar refractivity (Wildman–Crippen MR) is 100 cm³/mol. The van der Waals surface area contributed by atoms with Crippen molar-refractivity contribution in [2.24, 2.45) is 0 Å². The monoisotopic (exact) mass is 349 g/mol. The van der Waals surface area contributed by atoms with Crippen LogP contribution in [0.3, 0.4) is 0 Å². The third-order valence-electron chi connectivity index (χ3n) is 4.25. The van der Waals surface area contributed by atoms with Crippen LogP contribution in [0.2, 0.25) is 0 Å². The maximum atomic E-state index is 12.3. The van der Waals surface area contributed by atoms with Gasteiger partial charge in [0.25, 0.3) is 0 Å². The normalized spacial score (nSPS) is 10.7. The van der Waals surface area contributed by atoms with E-state index in [-0.39, 0.29) is 5.91 Å². The summed E-state index contributed by atoms with van der Waals surface area (Å²) in [6.45, 7) is 2.68. The number of carbonyl (C=O) groups is 1. The summed E-state index contributed by atoms with van der Waals surface area (Å²) in [7, 11) is 1.84. The Balaban J connectivity index is 1.46. The van der Waals surface area contributed by atoms with Crippen LogP contribution in [0.4, 0.5) is 0 Å². The molecular weight excluding hydrogens is 326 g/mol. The molecule has 5 nitrogen and oxygen atoms in total. The summed E-state index contributed by atoms with van der Waals surface area (Å²) in [4.78, 5) is 18.4. The number of rotatable bonds is 7. The molecule has 134 valence electrons. The van der Waals surface area contributed by atoms with Gasteiger partial charge in [0.15, 0.2) is 0 Å². The average Bonchev–Trinajstić information content (AvgIpc) is 3.13. The van der Waals surface area contributed by atoms with Crippen molar-refractivity contribution in [3.05, 3.63) is 71.6 Å². The summed E-state index contributed by atoms with van der Waals surface area (Å²) in [5, 5.41) is 4.00. The minimum absolute atomic E-state index is 0.119. The lowest BCUT2D eigenvalue weighted by molar-refractivity contribution is -0.130. The van der Waals surface area contributed by atoms with Gasteiger partial charge in [-0.15, -0.1) is 0 Å². The lowest BCUT2D eigenvalue weighted by atomic mass is 10.1. The van der Waals surface area contributed by atoms with Crippen LogP contribution in [0.25, 0.3) is 11.4 Å². The fourth-order valence-corrected chi connectivity index (χ4v) is 2.70. The van der Waals surface area contributed by atoms with Gasteiger partial charge in [0.05, 0.1) is 0 Å². The van der Waals surface area contributed by atoms with Crippen molar-refractivity contribution in [1.82, 2.24) is 15.0 Å². The summed E-state index contributed by atoms with van der Waals surface area (Å²) < 4.78 is 5.28. The van der Waals surface area contributed by atoms with Crippen molar-refractivity contribution in [1.29, 1.82) is 0 Å². The van der Waals surface area contributed by atoms with Gasteiger partial charge in [-0.2, -0.15) is 4.98 Å². The van der Waals surface area contributed by atoms with E-state index in [9.17, 15) is 4.79 Å². The van der Waals surface area contributed by atoms with Gasteiger partial charge in [-0.1, -0.05) is 65.3 Å². The van der Waals surface area contributed by atoms with Crippen molar-refractivity contribution >= 4 is 5.91 Å². The van der Waals surface area contributed by atoms with Gasteiger partial charge in [-0.05, 0) is 18.9 Å². The van der Waals surface area contributed by atoms with E-state index in [0.717, 1.165) is 11.1 Å². The van der Waals surface area contributed by atoms with Gasteiger partial charge in [0, 0.05) is 32.0 Å². The zero-order valence-corrected chi connectivity index (χ0v) is 15.2. The molecule has 0 aliphatic rings. The minimum Gasteiger partial charge on any atom is -0.341 e. The van der Waals surface area contributed by atoms with Crippen LogP contribution in [0.15, 0.2) is 59.1 Å². The number of hydrogen-bond acceptors (Lipinski definition) is 4. The first-order chi connectivity index (χ1) is 12.6. The number of amides is 1. The first kappa shape index (κ1) is 17.9. The lowest BCUT2D eigenvalue weighted by Crippen LogP contribution is -2.25. The Labute approximate surface area is 153 Å². The maximum absolute atomic E-state index is 12.3. The zero-order valence-electron chi connectivity index (χ0n) is 15.2. The fraction of sp³-hybridized carbons (Fsp3) is 0.286. The molecule has 0 bridgehead atoms. The lowest BCUT2D eigenvalue weighted by Gasteiger charge is -2.17. The molecule has 3 aromatic rings. The SMILES string of the molecule is Cc1ccc(CN(C)C(=O)CCCc2nc(-c3ccccc3)no2)cc1. The molecule has 0 aliphatic carbocycles. The van der Waals surface area contributed by atoms with E-state index >= 15 is 0 Å². The van der Waals surface area contributed by atoms with Gasteiger partial charge in [0.2, 0.25) is 17.6 Å². The molecule has 0 fully saturated rings. The Morgan fingerprint density at radius 1 is 1.08 bits per heavy atom. The first-order valence-corrected chi connectivity index (χ1v) is 8.79. The van der Waals surface area contributed by atoms with E-state index in [2.05, 4.69) is 41.3 Å². The topological polar surface area (TPSA) is 59.2 Å². The molecule has 1 heterocycles. The number of benzene rings is 2. The van der Waals surface area contributed by atoms with Gasteiger partial charge < -0.3 is 9.42 Å². The largest absolute Gasteiger partial charge is 0.341 e. The van der Waals surface area contributed by atoms with Crippen molar-refractivity contribution in [2.45, 2.75) is 32.7 Å². The molecule has 0 saturated heterocycles. The Bertz CT molecular complexity index is 841. The molecule has 1 amide bonds. The van der Waals surface area contributed by atoms with Crippen molar-refractivity contribution < 1.29 is 9.32 Å². The fourth-order valence-electron chi connectivity index (χ4n) is 2.70. The Hall–Kier alpha value is -2.95. The van der Waals surface area contributed by atoms with Crippen LogP contribution in [-0.4, -0.2) is 28.0 Å². The van der Waals surface area contributed by atoms with E-state index < -0.39 is 0 Å². The van der Waals surface area contributed by atoms with E-state index in [1.165, 1.54) is 5.56 Å². The molecule has 3 rings (SSSR count). The number of aryl methyl sites for hydroxylation is 2. The molecule has 5 heteroatoms. The van der Waals surface area contributed by atoms with Crippen molar-refractivity contribution in [3.8, 4) is 11.4 Å². The Morgan fingerprint density at radius 2 is 1.81 bits per heavy atom. The number of hydrogen-bond donors (Lipinski definition) is 0. The second kappa shape index (κ2) is 8.43. The van der Waals surface area contributed by atoms with Gasteiger partial charge in [-0.3, -0.25) is 4.79 Å². The third kappa shape index (κ3) is 4.79. The summed E-state index contributed by atoms with van der Waals surface area (Å²) >= 11 is 0. The second-order valence-corrected chi connectivity index (χ2v) is 6.47. The molecule has 26 heavy (non-hydrogen) atoms. The highest BCUT2D eigenvalue weighted by molar-refractivity contribution is 5.75. The van der Waals surface area contributed by atoms with Crippen LogP contribution in [0.5, 0.6) is 0 Å². The zero-order chi connectivity index (χ0) is 18.4. The summed E-state index contributed by atoms with van der Waals surface area (Å²) in [6, 6.07) is 18.0. The number of nitrogens with zero attached hydrogens (tertiary/aromatic N) is 3. The van der Waals surface area contributed by atoms with E-state index in [1.54, 1.807) is 4.90 Å². The van der Waals surface area contributed by atoms with Gasteiger partial charge in [0.1, 0.15) is 0 Å². The van der Waals surface area contributed by atoms with Crippen molar-refractivity contribution in [2.75, 3.05) is 7.05 Å². The molecule has 2 aromatic carbocycles. The third-order valence-corrected chi connectivity index (χ3v) is 4.25. The molecule has 0 saturated carbocycles. The quantitative estimate of drug-likeness (QED) is 0.646. The predicted octanol–water partition coefficient (Wildman–Crippen LogP) is 4.03. The smallest absolute Gasteiger partial charge is 0.226 e. The number of carbonyl (C=O) groups excluding carboxylic acids is 1. The Kier molecular flexibility index (Phi) is 5.79. The summed E-state index contributed by atoms with van der Waals surface area (Å²) in [5.74, 6) is 1.27. The van der Waals surface area contributed by atoms with E-state index in [0.29, 0.717) is 37.5 Å². The molecule has 0 spiro atoms. The second-order valence-electron chi connectivity index (χ2n) is 6.47. The molecule has 0 unspecified atom stereocenters. The highest BCUT2D eigenvalue weighted by Gasteiger charge is 2.12. The Morgan fingerprint density at radius 3 is 2.54 bits per heavy atom. The standard InChI is InChI=1S/C21H23N3O2/c1-16-11-13-17(14-12-16)15-24(2)20(25)10-6-9-19-22-21(23-26-19)18-7-4-3-5-8-18/h3-5,7-8,11-14H,6,9-10,15H2,1-2H3. The van der Waals surface area contributed by atoms with Crippen molar-refractivity contribution in [3.63, 3.8) is 0 Å². The molecule has 0 radical (unpaired) electrons. The molecule has 0 N–H and O–H groups in total. The number of aromatic nitrogens is 2. The van der Waals surface area contributed by atoms with Crippen LogP contribution in [-0.2, 0) is 17.8 Å². The van der Waals surface area contributed by atoms with E-state index in [1.807, 2.05) is 37.4 Å². The average molecular weight is 349 g/mol.